The van der Waals surface area contributed by atoms with Crippen LogP contribution < -0.4 is 10.1 Å². The molecule has 0 aromatic heterocycles. The van der Waals surface area contributed by atoms with Gasteiger partial charge in [0.1, 0.15) is 29.4 Å². The molecule has 46 heavy (non-hydrogen) atoms. The van der Waals surface area contributed by atoms with Crippen LogP contribution in [0.15, 0.2) is 91.0 Å². The molecule has 2 unspecified atom stereocenters. The fraction of sp³-hybridized carbons (Fsp3) is 0.314. The minimum absolute atomic E-state index is 0.0846. The molecule has 0 fully saturated rings. The number of hydrogen-bond acceptors (Lipinski definition) is 4. The number of benzene rings is 4. The monoisotopic (exact) mass is 647 g/mol. The number of fused-ring (bicyclic) bond motifs is 1. The first-order chi connectivity index (χ1) is 21.7. The van der Waals surface area contributed by atoms with Gasteiger partial charge in [-0.25, -0.2) is 4.39 Å². The van der Waals surface area contributed by atoms with Crippen LogP contribution in [-0.4, -0.2) is 18.3 Å². The maximum Gasteiger partial charge on any atom is 0.416 e. The average Bonchev–Trinajstić information content (AvgIpc) is 2.99. The third-order valence-corrected chi connectivity index (χ3v) is 7.64. The van der Waals surface area contributed by atoms with E-state index in [0.29, 0.717) is 47.7 Å². The lowest BCUT2D eigenvalue weighted by Crippen LogP contribution is -2.51. The minimum atomic E-state index is -4.99. The predicted molar refractivity (Wildman–Crippen MR) is 159 cm³/mol. The van der Waals surface area contributed by atoms with Gasteiger partial charge in [-0.1, -0.05) is 42.5 Å². The molecular formula is C35H32F7NO3. The summed E-state index contributed by atoms with van der Waals surface area (Å²) in [5, 5.41) is 3.24. The molecule has 0 aliphatic carbocycles. The van der Waals surface area contributed by atoms with E-state index in [2.05, 4.69) is 5.32 Å². The molecule has 0 saturated carbocycles. The van der Waals surface area contributed by atoms with Gasteiger partial charge in [-0.15, -0.1) is 0 Å². The zero-order valence-corrected chi connectivity index (χ0v) is 25.0. The minimum Gasteiger partial charge on any atom is -0.485 e. The lowest BCUT2D eigenvalue weighted by atomic mass is 9.87. The molecule has 4 aromatic rings. The van der Waals surface area contributed by atoms with Crippen molar-refractivity contribution < 1.29 is 44.9 Å². The zero-order valence-electron chi connectivity index (χ0n) is 25.0. The first kappa shape index (κ1) is 33.3. The van der Waals surface area contributed by atoms with Gasteiger partial charge >= 0.3 is 12.4 Å². The molecule has 1 N–H and O–H groups in total. The second-order valence-electron chi connectivity index (χ2n) is 11.6. The summed E-state index contributed by atoms with van der Waals surface area (Å²) in [5.41, 5.74) is -1.25. The van der Waals surface area contributed by atoms with E-state index in [1.165, 1.54) is 12.1 Å². The third-order valence-electron chi connectivity index (χ3n) is 7.64. The lowest BCUT2D eigenvalue weighted by Gasteiger charge is -2.44. The number of ether oxygens (including phenoxy) is 3. The van der Waals surface area contributed by atoms with Crippen LogP contribution in [0.2, 0.25) is 0 Å². The number of nitrogens with one attached hydrogen (secondary N) is 1. The molecule has 1 heterocycles. The van der Waals surface area contributed by atoms with Crippen molar-refractivity contribution >= 4 is 5.69 Å². The van der Waals surface area contributed by atoms with Crippen molar-refractivity contribution in [2.45, 2.75) is 63.6 Å². The van der Waals surface area contributed by atoms with Crippen LogP contribution in [0.25, 0.3) is 0 Å². The number of rotatable bonds is 10. The molecule has 1 aliphatic heterocycles. The average molecular weight is 648 g/mol. The van der Waals surface area contributed by atoms with E-state index in [9.17, 15) is 30.7 Å². The lowest BCUT2D eigenvalue weighted by molar-refractivity contribution is -0.167. The van der Waals surface area contributed by atoms with Crippen LogP contribution in [0.4, 0.5) is 36.4 Å². The second-order valence-corrected chi connectivity index (χ2v) is 11.6. The molecule has 0 amide bonds. The van der Waals surface area contributed by atoms with Crippen molar-refractivity contribution in [2.75, 3.05) is 11.9 Å². The largest absolute Gasteiger partial charge is 0.485 e. The van der Waals surface area contributed by atoms with Crippen molar-refractivity contribution in [2.24, 2.45) is 0 Å². The smallest absolute Gasteiger partial charge is 0.416 e. The van der Waals surface area contributed by atoms with Crippen LogP contribution in [-0.2, 0) is 41.4 Å². The van der Waals surface area contributed by atoms with Gasteiger partial charge in [0, 0.05) is 17.8 Å². The topological polar surface area (TPSA) is 39.7 Å². The Bertz CT molecular complexity index is 1610. The van der Waals surface area contributed by atoms with E-state index in [1.54, 1.807) is 44.2 Å². The van der Waals surface area contributed by atoms with Gasteiger partial charge in [0.25, 0.3) is 0 Å². The van der Waals surface area contributed by atoms with Crippen LogP contribution >= 0.6 is 0 Å². The van der Waals surface area contributed by atoms with E-state index in [-0.39, 0.29) is 24.1 Å². The summed E-state index contributed by atoms with van der Waals surface area (Å²) >= 11 is 0. The van der Waals surface area contributed by atoms with Crippen molar-refractivity contribution in [1.82, 2.24) is 0 Å². The van der Waals surface area contributed by atoms with E-state index < -0.39 is 47.9 Å². The Morgan fingerprint density at radius 3 is 2.07 bits per heavy atom. The molecule has 0 bridgehead atoms. The molecule has 4 nitrogen and oxygen atoms in total. The molecule has 1 aliphatic rings. The molecule has 11 heteroatoms. The summed E-state index contributed by atoms with van der Waals surface area (Å²) in [4.78, 5) is 0. The fourth-order valence-corrected chi connectivity index (χ4v) is 5.40. The molecular weight excluding hydrogens is 615 g/mol. The van der Waals surface area contributed by atoms with Crippen molar-refractivity contribution in [3.8, 4) is 5.75 Å². The maximum atomic E-state index is 13.7. The summed E-state index contributed by atoms with van der Waals surface area (Å²) in [6.45, 7) is 3.44. The highest BCUT2D eigenvalue weighted by atomic mass is 19.4. The maximum absolute atomic E-state index is 13.7. The van der Waals surface area contributed by atoms with E-state index >= 15 is 0 Å². The van der Waals surface area contributed by atoms with Crippen LogP contribution in [0.3, 0.4) is 0 Å². The highest BCUT2D eigenvalue weighted by Crippen LogP contribution is 2.45. The van der Waals surface area contributed by atoms with E-state index in [0.717, 1.165) is 5.56 Å². The Morgan fingerprint density at radius 1 is 0.739 bits per heavy atom. The van der Waals surface area contributed by atoms with Gasteiger partial charge in [0.05, 0.1) is 24.3 Å². The highest BCUT2D eigenvalue weighted by molar-refractivity contribution is 5.54. The Morgan fingerprint density at radius 2 is 1.41 bits per heavy atom. The van der Waals surface area contributed by atoms with E-state index in [1.807, 2.05) is 30.3 Å². The molecule has 0 spiro atoms. The van der Waals surface area contributed by atoms with Gasteiger partial charge in [-0.2, -0.15) is 26.3 Å². The van der Waals surface area contributed by atoms with Gasteiger partial charge in [0.15, 0.2) is 0 Å². The second kappa shape index (κ2) is 13.3. The summed E-state index contributed by atoms with van der Waals surface area (Å²) < 4.78 is 114. The van der Waals surface area contributed by atoms with Crippen molar-refractivity contribution in [3.63, 3.8) is 0 Å². The van der Waals surface area contributed by atoms with Gasteiger partial charge < -0.3 is 19.5 Å². The summed E-state index contributed by atoms with van der Waals surface area (Å²) in [6, 6.07) is 22.4. The summed E-state index contributed by atoms with van der Waals surface area (Å²) in [7, 11) is 0. The van der Waals surface area contributed by atoms with Crippen molar-refractivity contribution in [3.05, 3.63) is 130 Å². The number of halogens is 7. The van der Waals surface area contributed by atoms with Gasteiger partial charge in [0.2, 0.25) is 0 Å². The quantitative estimate of drug-likeness (QED) is 0.174. The Balaban J connectivity index is 1.44. The van der Waals surface area contributed by atoms with E-state index in [4.69, 9.17) is 14.2 Å². The number of hydrogen-bond donors (Lipinski definition) is 1. The van der Waals surface area contributed by atoms with Gasteiger partial charge in [-0.05, 0) is 85.5 Å². The molecule has 2 atom stereocenters. The van der Waals surface area contributed by atoms with Crippen LogP contribution in [0, 0.1) is 5.82 Å². The van der Waals surface area contributed by atoms with Gasteiger partial charge in [-0.3, -0.25) is 0 Å². The predicted octanol–water partition coefficient (Wildman–Crippen LogP) is 9.53. The Labute approximate surface area is 262 Å². The highest BCUT2D eigenvalue weighted by Gasteiger charge is 2.46. The summed E-state index contributed by atoms with van der Waals surface area (Å²) in [5.74, 6) is 0.125. The van der Waals surface area contributed by atoms with Crippen LogP contribution in [0.5, 0.6) is 5.75 Å². The zero-order chi connectivity index (χ0) is 33.1. The third kappa shape index (κ3) is 8.19. The molecule has 5 rings (SSSR count). The molecule has 0 radical (unpaired) electrons. The van der Waals surface area contributed by atoms with Crippen LogP contribution in [0.1, 0.15) is 53.3 Å². The summed E-state index contributed by atoms with van der Waals surface area (Å²) in [6.07, 6.45) is -11.2. The first-order valence-electron chi connectivity index (χ1n) is 14.6. The number of anilines is 1. The molecule has 244 valence electrons. The fourth-order valence-electron chi connectivity index (χ4n) is 5.40. The first-order valence-corrected chi connectivity index (χ1v) is 14.6. The molecule has 4 aromatic carbocycles. The van der Waals surface area contributed by atoms with Crippen molar-refractivity contribution in [1.29, 1.82) is 0 Å². The standard InChI is InChI=1S/C35H32F7NO3/c1-33(2)32(45-21-24-15-25(34(37,38)39)18-26(16-24)35(40,41)42)31(44-14-13-22-7-4-3-5-8-22)29-19-28(11-12-30(29)46-33)43-20-23-9-6-10-27(36)17-23/h3-12,15-19,31-32,43H,13-14,20-21H2,1-2H3. The SMILES string of the molecule is CC1(C)Oc2ccc(NCc3cccc(F)c3)cc2C(OCCc2ccccc2)C1OCc1cc(C(F)(F)F)cc(C(F)(F)F)c1. The number of alkyl halides is 6. The molecule has 0 saturated heterocycles. The Hall–Kier alpha value is -4.09. The Kier molecular flexibility index (Phi) is 9.65. The normalized spacial score (nSPS) is 17.7.